The summed E-state index contributed by atoms with van der Waals surface area (Å²) in [5, 5.41) is 2.38. The van der Waals surface area contributed by atoms with Crippen LogP contribution in [0.15, 0.2) is 48.5 Å². The van der Waals surface area contributed by atoms with Gasteiger partial charge in [-0.15, -0.1) is 0 Å². The van der Waals surface area contributed by atoms with Crippen LogP contribution in [0.25, 0.3) is 0 Å². The molecule has 190 valence electrons. The van der Waals surface area contributed by atoms with Gasteiger partial charge in [0.2, 0.25) is 0 Å². The Labute approximate surface area is 203 Å². The van der Waals surface area contributed by atoms with Crippen molar-refractivity contribution < 1.29 is 35.9 Å². The molecule has 10 heteroatoms. The summed E-state index contributed by atoms with van der Waals surface area (Å²) in [7, 11) is 0. The number of carbonyl (C=O) groups is 1. The number of anilines is 1. The van der Waals surface area contributed by atoms with Gasteiger partial charge < -0.3 is 15.8 Å². The van der Waals surface area contributed by atoms with Crippen LogP contribution >= 0.6 is 0 Å². The fourth-order valence-corrected chi connectivity index (χ4v) is 3.87. The highest BCUT2D eigenvalue weighted by Gasteiger charge is 2.40. The largest absolute Gasteiger partial charge is 0.456 e. The number of carbonyl (C=O) groups excluding carboxylic acids is 1. The summed E-state index contributed by atoms with van der Waals surface area (Å²) in [5.41, 5.74) is 3.77. The smallest absolute Gasteiger partial charge is 0.416 e. The van der Waals surface area contributed by atoms with Gasteiger partial charge in [0, 0.05) is 17.8 Å². The molecular weight excluding hydrogens is 486 g/mol. The third-order valence-corrected chi connectivity index (χ3v) is 5.87. The maximum absolute atomic E-state index is 14.0. The zero-order valence-electron chi connectivity index (χ0n) is 19.1. The minimum atomic E-state index is -4.73. The first-order valence-electron chi connectivity index (χ1n) is 11.1. The predicted octanol–water partition coefficient (Wildman–Crippen LogP) is 7.18. The second kappa shape index (κ2) is 9.85. The molecule has 0 aromatic heterocycles. The van der Waals surface area contributed by atoms with E-state index in [0.717, 1.165) is 24.3 Å². The van der Waals surface area contributed by atoms with Gasteiger partial charge in [0.1, 0.15) is 29.3 Å². The topological polar surface area (TPSA) is 64.3 Å². The Morgan fingerprint density at radius 2 is 1.81 bits per heavy atom. The SMILES string of the molecule is Cc1cc(F)ccc1Oc1cc(C2CC2)c(C(F)(F)F)cc1C(=O)Nc1ccc(F)c(C(F)CN)c1. The van der Waals surface area contributed by atoms with Crippen LogP contribution in [0.3, 0.4) is 0 Å². The fraction of sp³-hybridized carbons (Fsp3) is 0.269. The van der Waals surface area contributed by atoms with Crippen LogP contribution in [0.5, 0.6) is 11.5 Å². The Bertz CT molecular complexity index is 1300. The number of alkyl halides is 4. The van der Waals surface area contributed by atoms with E-state index in [0.29, 0.717) is 24.5 Å². The van der Waals surface area contributed by atoms with E-state index in [1.807, 2.05) is 0 Å². The lowest BCUT2D eigenvalue weighted by molar-refractivity contribution is -0.138. The minimum absolute atomic E-state index is 0.00102. The fourth-order valence-electron chi connectivity index (χ4n) is 3.87. The van der Waals surface area contributed by atoms with Crippen molar-refractivity contribution in [3.63, 3.8) is 0 Å². The molecule has 0 aliphatic heterocycles. The van der Waals surface area contributed by atoms with Gasteiger partial charge in [0.15, 0.2) is 0 Å². The van der Waals surface area contributed by atoms with Gasteiger partial charge in [-0.05, 0) is 85.3 Å². The zero-order valence-corrected chi connectivity index (χ0v) is 19.1. The van der Waals surface area contributed by atoms with Crippen molar-refractivity contribution in [3.8, 4) is 11.5 Å². The Hall–Kier alpha value is -3.53. The highest BCUT2D eigenvalue weighted by Crippen LogP contribution is 2.48. The molecule has 1 aliphatic rings. The van der Waals surface area contributed by atoms with Crippen LogP contribution in [0.1, 0.15) is 57.5 Å². The lowest BCUT2D eigenvalue weighted by Crippen LogP contribution is -2.17. The molecule has 0 heterocycles. The maximum atomic E-state index is 14.0. The highest BCUT2D eigenvalue weighted by molar-refractivity contribution is 6.06. The molecule has 1 amide bonds. The van der Waals surface area contributed by atoms with Crippen LogP contribution in [-0.4, -0.2) is 12.5 Å². The Balaban J connectivity index is 1.77. The number of aryl methyl sites for hydroxylation is 1. The van der Waals surface area contributed by atoms with Gasteiger partial charge in [0.25, 0.3) is 5.91 Å². The predicted molar refractivity (Wildman–Crippen MR) is 122 cm³/mol. The first-order valence-corrected chi connectivity index (χ1v) is 11.1. The summed E-state index contributed by atoms with van der Waals surface area (Å²) in [6.07, 6.45) is -5.44. The normalized spacial score (nSPS) is 14.4. The number of nitrogens with two attached hydrogens (primary N) is 1. The van der Waals surface area contributed by atoms with Crippen LogP contribution in [0.2, 0.25) is 0 Å². The van der Waals surface area contributed by atoms with Crippen molar-refractivity contribution in [1.29, 1.82) is 0 Å². The van der Waals surface area contributed by atoms with Gasteiger partial charge in [-0.2, -0.15) is 13.2 Å². The van der Waals surface area contributed by atoms with Crippen molar-refractivity contribution in [2.45, 2.75) is 38.0 Å². The zero-order chi connectivity index (χ0) is 26.2. The van der Waals surface area contributed by atoms with Crippen LogP contribution in [0.4, 0.5) is 32.0 Å². The van der Waals surface area contributed by atoms with Gasteiger partial charge >= 0.3 is 6.18 Å². The number of ether oxygens (including phenoxy) is 1. The molecule has 1 fully saturated rings. The molecule has 1 saturated carbocycles. The Kier molecular flexibility index (Phi) is 6.99. The second-order valence-electron chi connectivity index (χ2n) is 8.61. The molecule has 0 bridgehead atoms. The molecule has 1 atom stereocenters. The lowest BCUT2D eigenvalue weighted by atomic mass is 9.98. The molecule has 3 aromatic rings. The standard InChI is InChI=1S/C26H22F6N2O2/c1-13-8-15(27)4-7-23(13)36-24-11-17(14-2-3-14)20(26(30,31)32)10-19(24)25(35)34-16-5-6-21(28)18(9-16)22(29)12-33/h4-11,14,22H,2-3,12,33H2,1H3,(H,34,35). The van der Waals surface area contributed by atoms with Crippen molar-refractivity contribution in [3.05, 3.63) is 88.0 Å². The van der Waals surface area contributed by atoms with E-state index in [1.54, 1.807) is 6.92 Å². The Morgan fingerprint density at radius 3 is 2.42 bits per heavy atom. The van der Waals surface area contributed by atoms with Crippen molar-refractivity contribution >= 4 is 11.6 Å². The van der Waals surface area contributed by atoms with Gasteiger partial charge in [-0.1, -0.05) is 0 Å². The summed E-state index contributed by atoms with van der Waals surface area (Å²) in [6.45, 7) is 1.05. The van der Waals surface area contributed by atoms with Crippen LogP contribution < -0.4 is 15.8 Å². The third-order valence-electron chi connectivity index (χ3n) is 5.87. The van der Waals surface area contributed by atoms with E-state index in [2.05, 4.69) is 5.32 Å². The summed E-state index contributed by atoms with van der Waals surface area (Å²) in [4.78, 5) is 13.1. The maximum Gasteiger partial charge on any atom is 0.416 e. The van der Waals surface area contributed by atoms with E-state index in [4.69, 9.17) is 10.5 Å². The third kappa shape index (κ3) is 5.48. The number of hydrogen-bond acceptors (Lipinski definition) is 3. The molecule has 4 nitrogen and oxygen atoms in total. The molecule has 3 N–H and O–H groups in total. The van der Waals surface area contributed by atoms with E-state index in [1.165, 1.54) is 18.2 Å². The Morgan fingerprint density at radius 1 is 1.08 bits per heavy atom. The number of rotatable bonds is 7. The highest BCUT2D eigenvalue weighted by atomic mass is 19.4. The molecule has 0 spiro atoms. The number of benzene rings is 3. The van der Waals surface area contributed by atoms with Gasteiger partial charge in [0.05, 0.1) is 11.1 Å². The summed E-state index contributed by atoms with van der Waals surface area (Å²) < 4.78 is 89.0. The molecule has 36 heavy (non-hydrogen) atoms. The van der Waals surface area contributed by atoms with E-state index >= 15 is 0 Å². The summed E-state index contributed by atoms with van der Waals surface area (Å²) in [5.74, 6) is -2.73. The number of halogens is 6. The average Bonchev–Trinajstić information content (AvgIpc) is 3.66. The second-order valence-corrected chi connectivity index (χ2v) is 8.61. The average molecular weight is 508 g/mol. The molecule has 1 unspecified atom stereocenters. The molecule has 1 aliphatic carbocycles. The number of amides is 1. The minimum Gasteiger partial charge on any atom is -0.456 e. The first-order chi connectivity index (χ1) is 17.0. The molecule has 3 aromatic carbocycles. The van der Waals surface area contributed by atoms with Gasteiger partial charge in [-0.25, -0.2) is 13.2 Å². The van der Waals surface area contributed by atoms with E-state index in [-0.39, 0.29) is 28.7 Å². The lowest BCUT2D eigenvalue weighted by Gasteiger charge is -2.19. The molecule has 0 saturated heterocycles. The van der Waals surface area contributed by atoms with Gasteiger partial charge in [-0.3, -0.25) is 4.79 Å². The van der Waals surface area contributed by atoms with Crippen molar-refractivity contribution in [2.24, 2.45) is 5.73 Å². The molecule has 0 radical (unpaired) electrons. The van der Waals surface area contributed by atoms with Crippen LogP contribution in [0, 0.1) is 18.6 Å². The van der Waals surface area contributed by atoms with E-state index in [9.17, 15) is 31.1 Å². The van der Waals surface area contributed by atoms with Crippen molar-refractivity contribution in [1.82, 2.24) is 0 Å². The molecule has 4 rings (SSSR count). The number of hydrogen-bond donors (Lipinski definition) is 2. The van der Waals surface area contributed by atoms with Crippen LogP contribution in [-0.2, 0) is 6.18 Å². The quantitative estimate of drug-likeness (QED) is 0.332. The first kappa shape index (κ1) is 25.6. The monoisotopic (exact) mass is 508 g/mol. The summed E-state index contributed by atoms with van der Waals surface area (Å²) in [6, 6.07) is 8.60. The van der Waals surface area contributed by atoms with E-state index < -0.39 is 53.1 Å². The van der Waals surface area contributed by atoms with Crippen molar-refractivity contribution in [2.75, 3.05) is 11.9 Å². The summed E-state index contributed by atoms with van der Waals surface area (Å²) >= 11 is 0. The molecular formula is C26H22F6N2O2. The number of nitrogens with one attached hydrogen (secondary N) is 1.